The lowest BCUT2D eigenvalue weighted by atomic mass is 9.99. The number of rotatable bonds is 7. The van der Waals surface area contributed by atoms with E-state index < -0.39 is 18.4 Å². The molecule has 28 heavy (non-hydrogen) atoms. The van der Waals surface area contributed by atoms with E-state index in [0.29, 0.717) is 17.8 Å². The fourth-order valence-corrected chi connectivity index (χ4v) is 2.75. The molecule has 3 aromatic rings. The SMILES string of the molecule is N#Cc1ccccc1-c1cccc(CNc2ccc(OCC(=O)O)c(F)c2)c1. The van der Waals surface area contributed by atoms with E-state index in [1.54, 1.807) is 12.1 Å². The lowest BCUT2D eigenvalue weighted by Crippen LogP contribution is -2.10. The lowest BCUT2D eigenvalue weighted by Gasteiger charge is -2.11. The fourth-order valence-electron chi connectivity index (χ4n) is 2.75. The van der Waals surface area contributed by atoms with Gasteiger partial charge in [0.25, 0.3) is 0 Å². The van der Waals surface area contributed by atoms with Crippen molar-refractivity contribution in [2.45, 2.75) is 6.54 Å². The Hall–Kier alpha value is -3.85. The quantitative estimate of drug-likeness (QED) is 0.637. The van der Waals surface area contributed by atoms with Gasteiger partial charge in [0.2, 0.25) is 0 Å². The molecule has 140 valence electrons. The summed E-state index contributed by atoms with van der Waals surface area (Å²) in [4.78, 5) is 10.5. The highest BCUT2D eigenvalue weighted by Crippen LogP contribution is 2.25. The monoisotopic (exact) mass is 376 g/mol. The normalized spacial score (nSPS) is 10.1. The van der Waals surface area contributed by atoms with Gasteiger partial charge in [-0.3, -0.25) is 0 Å². The Bertz CT molecular complexity index is 1040. The molecule has 0 aliphatic carbocycles. The molecule has 0 heterocycles. The highest BCUT2D eigenvalue weighted by molar-refractivity contribution is 5.71. The van der Waals surface area contributed by atoms with Crippen molar-refractivity contribution < 1.29 is 19.0 Å². The van der Waals surface area contributed by atoms with Crippen LogP contribution < -0.4 is 10.1 Å². The zero-order valence-electron chi connectivity index (χ0n) is 14.9. The van der Waals surface area contributed by atoms with Crippen LogP contribution in [0.2, 0.25) is 0 Å². The van der Waals surface area contributed by atoms with E-state index in [4.69, 9.17) is 9.84 Å². The van der Waals surface area contributed by atoms with Crippen LogP contribution in [0.15, 0.2) is 66.7 Å². The summed E-state index contributed by atoms with van der Waals surface area (Å²) in [6.45, 7) is -0.141. The first kappa shape index (κ1) is 18.9. The van der Waals surface area contributed by atoms with E-state index in [1.165, 1.54) is 12.1 Å². The topological polar surface area (TPSA) is 82.3 Å². The van der Waals surface area contributed by atoms with Crippen LogP contribution in [-0.4, -0.2) is 17.7 Å². The van der Waals surface area contributed by atoms with E-state index in [1.807, 2.05) is 42.5 Å². The molecule has 0 aliphatic heterocycles. The molecule has 5 nitrogen and oxygen atoms in total. The Morgan fingerprint density at radius 1 is 1.11 bits per heavy atom. The Morgan fingerprint density at radius 3 is 2.68 bits per heavy atom. The molecule has 0 aromatic heterocycles. The van der Waals surface area contributed by atoms with Gasteiger partial charge in [-0.2, -0.15) is 5.26 Å². The highest BCUT2D eigenvalue weighted by Gasteiger charge is 2.08. The Morgan fingerprint density at radius 2 is 1.93 bits per heavy atom. The third-order valence-corrected chi connectivity index (χ3v) is 4.07. The molecule has 0 amide bonds. The molecular formula is C22H17FN2O3. The number of hydrogen-bond donors (Lipinski definition) is 2. The maximum Gasteiger partial charge on any atom is 0.341 e. The third kappa shape index (κ3) is 4.65. The summed E-state index contributed by atoms with van der Waals surface area (Å²) in [6.07, 6.45) is 0. The molecule has 0 saturated carbocycles. The number of benzene rings is 3. The van der Waals surface area contributed by atoms with Gasteiger partial charge in [-0.15, -0.1) is 0 Å². The van der Waals surface area contributed by atoms with Gasteiger partial charge >= 0.3 is 5.97 Å². The first-order chi connectivity index (χ1) is 13.6. The summed E-state index contributed by atoms with van der Waals surface area (Å²) in [5, 5.41) is 21.0. The van der Waals surface area contributed by atoms with Crippen molar-refractivity contribution in [3.8, 4) is 22.9 Å². The molecule has 0 saturated heterocycles. The predicted molar refractivity (Wildman–Crippen MR) is 103 cm³/mol. The first-order valence-corrected chi connectivity index (χ1v) is 8.53. The van der Waals surface area contributed by atoms with Crippen LogP contribution in [0.4, 0.5) is 10.1 Å². The van der Waals surface area contributed by atoms with Crippen molar-refractivity contribution in [3.05, 3.63) is 83.7 Å². The molecule has 3 rings (SSSR count). The number of ether oxygens (including phenoxy) is 1. The largest absolute Gasteiger partial charge is 0.479 e. The first-order valence-electron chi connectivity index (χ1n) is 8.53. The van der Waals surface area contributed by atoms with E-state index in [0.717, 1.165) is 16.7 Å². The number of nitriles is 1. The summed E-state index contributed by atoms with van der Waals surface area (Å²) in [7, 11) is 0. The maximum atomic E-state index is 14.0. The number of aliphatic carboxylic acids is 1. The van der Waals surface area contributed by atoms with Gasteiger partial charge in [0.1, 0.15) is 0 Å². The van der Waals surface area contributed by atoms with Crippen molar-refractivity contribution >= 4 is 11.7 Å². The number of carbonyl (C=O) groups is 1. The summed E-state index contributed by atoms with van der Waals surface area (Å²) in [5.74, 6) is -1.91. The molecule has 3 aromatic carbocycles. The van der Waals surface area contributed by atoms with Gasteiger partial charge in [-0.1, -0.05) is 36.4 Å². The molecular weight excluding hydrogens is 359 g/mol. The number of nitrogens with zero attached hydrogens (tertiary/aromatic N) is 1. The van der Waals surface area contributed by atoms with Gasteiger partial charge in [0.15, 0.2) is 18.2 Å². The van der Waals surface area contributed by atoms with Crippen LogP contribution in [0.5, 0.6) is 5.75 Å². The van der Waals surface area contributed by atoms with Crippen LogP contribution in [0.1, 0.15) is 11.1 Å². The smallest absolute Gasteiger partial charge is 0.341 e. The van der Waals surface area contributed by atoms with Crippen molar-refractivity contribution in [2.75, 3.05) is 11.9 Å². The van der Waals surface area contributed by atoms with E-state index >= 15 is 0 Å². The van der Waals surface area contributed by atoms with Crippen molar-refractivity contribution in [2.24, 2.45) is 0 Å². The zero-order valence-corrected chi connectivity index (χ0v) is 14.9. The number of hydrogen-bond acceptors (Lipinski definition) is 4. The molecule has 0 fully saturated rings. The Balaban J connectivity index is 1.71. The molecule has 0 bridgehead atoms. The second-order valence-electron chi connectivity index (χ2n) is 6.04. The lowest BCUT2D eigenvalue weighted by molar-refractivity contribution is -0.139. The zero-order chi connectivity index (χ0) is 19.9. The van der Waals surface area contributed by atoms with Gasteiger partial charge in [-0.05, 0) is 41.0 Å². The molecule has 0 radical (unpaired) electrons. The predicted octanol–water partition coefficient (Wildman–Crippen LogP) is 4.44. The molecule has 2 N–H and O–H groups in total. The molecule has 6 heteroatoms. The Labute approximate surface area is 161 Å². The van der Waals surface area contributed by atoms with E-state index in [2.05, 4.69) is 11.4 Å². The van der Waals surface area contributed by atoms with Gasteiger partial charge in [-0.25, -0.2) is 9.18 Å². The summed E-state index contributed by atoms with van der Waals surface area (Å²) in [5.41, 5.74) is 3.91. The van der Waals surface area contributed by atoms with E-state index in [9.17, 15) is 14.4 Å². The standard InChI is InChI=1S/C22H17FN2O3/c23-20-11-18(8-9-21(20)28-14-22(26)27)25-13-15-4-3-6-16(10-15)19-7-2-1-5-17(19)12-24/h1-11,25H,13-14H2,(H,26,27). The minimum atomic E-state index is -1.17. The molecule has 0 spiro atoms. The average molecular weight is 376 g/mol. The van der Waals surface area contributed by atoms with Crippen LogP contribution in [0.25, 0.3) is 11.1 Å². The van der Waals surface area contributed by atoms with E-state index in [-0.39, 0.29) is 5.75 Å². The van der Waals surface area contributed by atoms with Crippen LogP contribution in [0.3, 0.4) is 0 Å². The van der Waals surface area contributed by atoms with Crippen molar-refractivity contribution in [1.29, 1.82) is 5.26 Å². The minimum absolute atomic E-state index is 0.108. The maximum absolute atomic E-state index is 14.0. The second kappa shape index (κ2) is 8.69. The van der Waals surface area contributed by atoms with Gasteiger partial charge < -0.3 is 15.2 Å². The average Bonchev–Trinajstić information content (AvgIpc) is 2.71. The fraction of sp³-hybridized carbons (Fsp3) is 0.0909. The van der Waals surface area contributed by atoms with Crippen LogP contribution in [-0.2, 0) is 11.3 Å². The molecule has 0 aliphatic rings. The highest BCUT2D eigenvalue weighted by atomic mass is 19.1. The Kier molecular flexibility index (Phi) is 5.87. The van der Waals surface area contributed by atoms with Crippen LogP contribution >= 0.6 is 0 Å². The minimum Gasteiger partial charge on any atom is -0.479 e. The molecule has 0 atom stereocenters. The van der Waals surface area contributed by atoms with Gasteiger partial charge in [0, 0.05) is 18.3 Å². The third-order valence-electron chi connectivity index (χ3n) is 4.07. The van der Waals surface area contributed by atoms with Crippen molar-refractivity contribution in [1.82, 2.24) is 0 Å². The number of carboxylic acids is 1. The molecule has 0 unspecified atom stereocenters. The van der Waals surface area contributed by atoms with Crippen molar-refractivity contribution in [3.63, 3.8) is 0 Å². The summed E-state index contributed by atoms with van der Waals surface area (Å²) in [6, 6.07) is 21.6. The summed E-state index contributed by atoms with van der Waals surface area (Å²) < 4.78 is 18.9. The number of halogens is 1. The number of anilines is 1. The summed E-state index contributed by atoms with van der Waals surface area (Å²) >= 11 is 0. The second-order valence-corrected chi connectivity index (χ2v) is 6.04. The number of carboxylic acid groups (broad SMARTS) is 1. The van der Waals surface area contributed by atoms with Gasteiger partial charge in [0.05, 0.1) is 11.6 Å². The van der Waals surface area contributed by atoms with Crippen LogP contribution in [0, 0.1) is 17.1 Å². The number of nitrogens with one attached hydrogen (secondary N) is 1.